The molecule has 1 heterocycles. The highest BCUT2D eigenvalue weighted by Gasteiger charge is 2.24. The molecule has 0 atom stereocenters. The number of carbonyl (C=O) groups excluding carboxylic acids is 1. The topological polar surface area (TPSA) is 73.1 Å². The number of carbonyl (C=O) groups is 1. The Morgan fingerprint density at radius 2 is 1.89 bits per heavy atom. The molecule has 0 spiro atoms. The number of aryl methyl sites for hydroxylation is 2. The van der Waals surface area contributed by atoms with Crippen LogP contribution in [-0.2, 0) is 17.8 Å². The minimum Gasteiger partial charge on any atom is -0.352 e. The number of rotatable bonds is 5. The Morgan fingerprint density at radius 3 is 2.61 bits per heavy atom. The van der Waals surface area contributed by atoms with Crippen LogP contribution in [0, 0.1) is 6.92 Å². The van der Waals surface area contributed by atoms with Gasteiger partial charge in [-0.1, -0.05) is 36.8 Å². The van der Waals surface area contributed by atoms with Crippen LogP contribution >= 0.6 is 0 Å². The van der Waals surface area contributed by atoms with Crippen molar-refractivity contribution in [3.63, 3.8) is 0 Å². The number of fused-ring (bicyclic) bond motifs is 1. The van der Waals surface area contributed by atoms with Gasteiger partial charge in [0.05, 0.1) is 16.6 Å². The maximum absolute atomic E-state index is 13.3. The Balaban J connectivity index is 1.98. The molecule has 1 amide bonds. The van der Waals surface area contributed by atoms with Crippen molar-refractivity contribution in [3.05, 3.63) is 74.4 Å². The average molecular weight is 377 g/mol. The van der Waals surface area contributed by atoms with Crippen molar-refractivity contribution in [1.29, 1.82) is 0 Å². The fraction of sp³-hybridized carbons (Fsp3) is 0.318. The summed E-state index contributed by atoms with van der Waals surface area (Å²) in [4.78, 5) is 39.0. The highest BCUT2D eigenvalue weighted by molar-refractivity contribution is 5.82. The predicted molar refractivity (Wildman–Crippen MR) is 109 cm³/mol. The van der Waals surface area contributed by atoms with Gasteiger partial charge in [0.15, 0.2) is 0 Å². The first kappa shape index (κ1) is 18.2. The van der Waals surface area contributed by atoms with Gasteiger partial charge in [-0.3, -0.25) is 14.2 Å². The molecule has 4 rings (SSSR count). The normalized spacial score (nSPS) is 13.6. The third-order valence-corrected chi connectivity index (χ3v) is 5.16. The van der Waals surface area contributed by atoms with Crippen molar-refractivity contribution in [3.8, 4) is 5.69 Å². The van der Waals surface area contributed by atoms with Crippen LogP contribution in [0.15, 0.2) is 52.1 Å². The summed E-state index contributed by atoms with van der Waals surface area (Å²) in [6.07, 6.45) is 2.64. The van der Waals surface area contributed by atoms with Crippen molar-refractivity contribution in [1.82, 2.24) is 14.5 Å². The molecule has 0 saturated heterocycles. The number of nitrogens with zero attached hydrogens (tertiary/aromatic N) is 2. The van der Waals surface area contributed by atoms with E-state index in [0.29, 0.717) is 23.0 Å². The van der Waals surface area contributed by atoms with E-state index in [1.807, 2.05) is 38.1 Å². The first-order valence-corrected chi connectivity index (χ1v) is 9.63. The van der Waals surface area contributed by atoms with Crippen molar-refractivity contribution in [2.75, 3.05) is 0 Å². The molecule has 0 unspecified atom stereocenters. The summed E-state index contributed by atoms with van der Waals surface area (Å²) < 4.78 is 2.60. The fourth-order valence-electron chi connectivity index (χ4n) is 3.53. The average Bonchev–Trinajstić information content (AvgIpc) is 3.49. The van der Waals surface area contributed by atoms with E-state index in [9.17, 15) is 14.4 Å². The van der Waals surface area contributed by atoms with E-state index in [-0.39, 0.29) is 24.1 Å². The lowest BCUT2D eigenvalue weighted by Gasteiger charge is -2.16. The number of hydrogen-bond donors (Lipinski definition) is 1. The van der Waals surface area contributed by atoms with Crippen LogP contribution in [-0.4, -0.2) is 21.1 Å². The third-order valence-electron chi connectivity index (χ3n) is 5.16. The molecule has 6 heteroatoms. The zero-order valence-electron chi connectivity index (χ0n) is 16.1. The van der Waals surface area contributed by atoms with E-state index in [1.165, 1.54) is 9.13 Å². The number of nitrogens with one attached hydrogen (secondary N) is 1. The van der Waals surface area contributed by atoms with E-state index < -0.39 is 5.69 Å². The Hall–Kier alpha value is -3.15. The summed E-state index contributed by atoms with van der Waals surface area (Å²) in [7, 11) is 0. The molecule has 1 aliphatic carbocycles. The molecular formula is C22H23N3O3. The van der Waals surface area contributed by atoms with Gasteiger partial charge in [-0.05, 0) is 49.9 Å². The Labute approximate surface area is 162 Å². The van der Waals surface area contributed by atoms with Gasteiger partial charge in [-0.15, -0.1) is 0 Å². The zero-order valence-corrected chi connectivity index (χ0v) is 16.1. The van der Waals surface area contributed by atoms with Gasteiger partial charge in [0, 0.05) is 6.04 Å². The van der Waals surface area contributed by atoms with Crippen LogP contribution in [0.1, 0.15) is 30.9 Å². The molecule has 0 bridgehead atoms. The van der Waals surface area contributed by atoms with Crippen molar-refractivity contribution in [2.24, 2.45) is 0 Å². The maximum atomic E-state index is 13.3. The summed E-state index contributed by atoms with van der Waals surface area (Å²) in [5.74, 6) is -0.208. The van der Waals surface area contributed by atoms with Crippen molar-refractivity contribution in [2.45, 2.75) is 45.7 Å². The summed E-state index contributed by atoms with van der Waals surface area (Å²) in [5, 5.41) is 3.35. The lowest BCUT2D eigenvalue weighted by molar-refractivity contribution is -0.121. The maximum Gasteiger partial charge on any atom is 0.336 e. The van der Waals surface area contributed by atoms with Crippen LogP contribution in [0.4, 0.5) is 0 Å². The summed E-state index contributed by atoms with van der Waals surface area (Å²) in [6.45, 7) is 3.78. The largest absolute Gasteiger partial charge is 0.352 e. The molecule has 3 aromatic rings. The predicted octanol–water partition coefficient (Wildman–Crippen LogP) is 2.30. The van der Waals surface area contributed by atoms with Crippen LogP contribution < -0.4 is 16.6 Å². The van der Waals surface area contributed by atoms with Gasteiger partial charge in [-0.2, -0.15) is 0 Å². The molecule has 28 heavy (non-hydrogen) atoms. The summed E-state index contributed by atoms with van der Waals surface area (Å²) in [6, 6.07) is 13.0. The molecule has 0 radical (unpaired) electrons. The number of amides is 1. The van der Waals surface area contributed by atoms with E-state index in [4.69, 9.17) is 0 Å². The summed E-state index contributed by atoms with van der Waals surface area (Å²) in [5.41, 5.74) is 2.03. The molecule has 1 saturated carbocycles. The molecule has 0 aliphatic heterocycles. The number of aromatic nitrogens is 2. The fourth-order valence-corrected chi connectivity index (χ4v) is 3.53. The number of para-hydroxylation sites is 1. The first-order valence-electron chi connectivity index (χ1n) is 9.63. The number of benzene rings is 2. The van der Waals surface area contributed by atoms with Gasteiger partial charge in [-0.25, -0.2) is 9.36 Å². The Bertz CT molecular complexity index is 1190. The molecule has 1 aliphatic rings. The first-order chi connectivity index (χ1) is 13.5. The van der Waals surface area contributed by atoms with Gasteiger partial charge in [0.25, 0.3) is 5.56 Å². The standard InChI is InChI=1S/C22H23N3O3/c1-3-15-6-4-5-7-18(15)25-21(27)17-12-14(2)8-11-19(17)24(22(25)28)13-20(26)23-16-9-10-16/h4-8,11-12,16H,3,9-10,13H2,1-2H3,(H,23,26). The van der Waals surface area contributed by atoms with Crippen LogP contribution in [0.3, 0.4) is 0 Å². The molecular weight excluding hydrogens is 354 g/mol. The molecule has 1 N–H and O–H groups in total. The Kier molecular flexibility index (Phi) is 4.63. The molecule has 144 valence electrons. The second-order valence-electron chi connectivity index (χ2n) is 7.35. The van der Waals surface area contributed by atoms with Crippen LogP contribution in [0.25, 0.3) is 16.6 Å². The number of hydrogen-bond acceptors (Lipinski definition) is 3. The van der Waals surface area contributed by atoms with Gasteiger partial charge < -0.3 is 5.32 Å². The lowest BCUT2D eigenvalue weighted by Crippen LogP contribution is -2.42. The highest BCUT2D eigenvalue weighted by atomic mass is 16.2. The minimum atomic E-state index is -0.492. The van der Waals surface area contributed by atoms with Crippen molar-refractivity contribution >= 4 is 16.8 Å². The quantitative estimate of drug-likeness (QED) is 0.742. The van der Waals surface area contributed by atoms with E-state index in [2.05, 4.69) is 5.32 Å². The molecule has 1 fully saturated rings. The zero-order chi connectivity index (χ0) is 19.8. The van der Waals surface area contributed by atoms with Crippen molar-refractivity contribution < 1.29 is 4.79 Å². The molecule has 2 aromatic carbocycles. The smallest absolute Gasteiger partial charge is 0.336 e. The van der Waals surface area contributed by atoms with E-state index >= 15 is 0 Å². The SMILES string of the molecule is CCc1ccccc1-n1c(=O)c2cc(C)ccc2n(CC(=O)NC2CC2)c1=O. The van der Waals surface area contributed by atoms with Gasteiger partial charge >= 0.3 is 5.69 Å². The third kappa shape index (κ3) is 3.26. The molecule has 6 nitrogen and oxygen atoms in total. The van der Waals surface area contributed by atoms with Crippen LogP contribution in [0.2, 0.25) is 0 Å². The van der Waals surface area contributed by atoms with Gasteiger partial charge in [0.2, 0.25) is 5.91 Å². The summed E-state index contributed by atoms with van der Waals surface area (Å²) >= 11 is 0. The van der Waals surface area contributed by atoms with Gasteiger partial charge in [0.1, 0.15) is 6.54 Å². The van der Waals surface area contributed by atoms with E-state index in [1.54, 1.807) is 18.2 Å². The lowest BCUT2D eigenvalue weighted by atomic mass is 10.1. The van der Waals surface area contributed by atoms with Crippen LogP contribution in [0.5, 0.6) is 0 Å². The minimum absolute atomic E-state index is 0.108. The second kappa shape index (κ2) is 7.11. The molecule has 1 aromatic heterocycles. The van der Waals surface area contributed by atoms with E-state index in [0.717, 1.165) is 24.0 Å². The highest BCUT2D eigenvalue weighted by Crippen LogP contribution is 2.19. The Morgan fingerprint density at radius 1 is 1.14 bits per heavy atom. The second-order valence-corrected chi connectivity index (χ2v) is 7.35. The monoisotopic (exact) mass is 377 g/mol.